The minimum absolute atomic E-state index is 0.244. The second-order valence-electron chi connectivity index (χ2n) is 4.95. The van der Waals surface area contributed by atoms with E-state index in [2.05, 4.69) is 10.1 Å². The number of carboxylic acids is 1. The largest absolute Gasteiger partial charge is 0.569 e. The molecule has 0 amide bonds. The number of nitrogens with zero attached hydrogens (tertiary/aromatic N) is 3. The van der Waals surface area contributed by atoms with Gasteiger partial charge < -0.3 is 19.9 Å². The minimum atomic E-state index is -0.858. The number of esters is 1. The highest BCUT2D eigenvalue weighted by molar-refractivity contribution is 5.89. The third-order valence-corrected chi connectivity index (χ3v) is 3.44. The number of piperidine rings is 1. The Kier molecular flexibility index (Phi) is 5.73. The first-order chi connectivity index (χ1) is 11.1. The molecule has 1 aliphatic rings. The molecule has 1 heterocycles. The maximum absolute atomic E-state index is 11.7. The van der Waals surface area contributed by atoms with E-state index < -0.39 is 24.6 Å². The molecular weight excluding hydrogens is 306 g/mol. The third kappa shape index (κ3) is 4.83. The Morgan fingerprint density at radius 2 is 1.96 bits per heavy atom. The van der Waals surface area contributed by atoms with E-state index in [9.17, 15) is 14.8 Å². The molecule has 1 aromatic rings. The van der Waals surface area contributed by atoms with Gasteiger partial charge in [-0.2, -0.15) is 0 Å². The molecule has 0 atom stereocenters. The molecule has 1 aromatic carbocycles. The molecular formula is C14H17N3O6. The number of rotatable bonds is 6. The van der Waals surface area contributed by atoms with Crippen molar-refractivity contribution in [3.05, 3.63) is 41.1 Å². The lowest BCUT2D eigenvalue weighted by Gasteiger charge is -2.25. The zero-order valence-corrected chi connectivity index (χ0v) is 12.3. The summed E-state index contributed by atoms with van der Waals surface area (Å²) in [6, 6.07) is 8.34. The van der Waals surface area contributed by atoms with Crippen molar-refractivity contribution in [1.82, 2.24) is 5.01 Å². The number of hydrazine groups is 1. The number of ether oxygens (including phenoxy) is 1. The Morgan fingerprint density at radius 1 is 1.30 bits per heavy atom. The van der Waals surface area contributed by atoms with Crippen molar-refractivity contribution in [2.24, 2.45) is 11.2 Å². The van der Waals surface area contributed by atoms with E-state index in [1.807, 2.05) is 0 Å². The fourth-order valence-electron chi connectivity index (χ4n) is 2.15. The van der Waals surface area contributed by atoms with Crippen molar-refractivity contribution in [3.8, 4) is 0 Å². The van der Waals surface area contributed by atoms with E-state index in [1.165, 1.54) is 5.01 Å². The smallest absolute Gasteiger partial charge is 0.341 e. The maximum atomic E-state index is 11.7. The molecule has 0 spiro atoms. The van der Waals surface area contributed by atoms with E-state index in [1.54, 1.807) is 30.3 Å². The van der Waals surface area contributed by atoms with Gasteiger partial charge in [-0.3, -0.25) is 4.79 Å². The van der Waals surface area contributed by atoms with Crippen LogP contribution in [0.15, 0.2) is 35.6 Å². The molecule has 1 aliphatic heterocycles. The Morgan fingerprint density at radius 3 is 2.57 bits per heavy atom. The fourth-order valence-corrected chi connectivity index (χ4v) is 2.15. The summed E-state index contributed by atoms with van der Waals surface area (Å²) in [4.78, 5) is 27.3. The molecule has 2 rings (SSSR count). The van der Waals surface area contributed by atoms with Crippen LogP contribution in [-0.4, -0.2) is 46.9 Å². The topological polar surface area (TPSA) is 114 Å². The first kappa shape index (κ1) is 16.5. The number of carbonyl (C=O) groups is 2. The predicted octanol–water partition coefficient (Wildman–Crippen LogP) is 1.41. The number of carboxylic acid groups (broad SMARTS) is 1. The summed E-state index contributed by atoms with van der Waals surface area (Å²) in [7, 11) is 0. The van der Waals surface area contributed by atoms with Crippen molar-refractivity contribution in [2.45, 2.75) is 12.8 Å². The van der Waals surface area contributed by atoms with Crippen LogP contribution in [0.4, 0.5) is 0 Å². The summed E-state index contributed by atoms with van der Waals surface area (Å²) < 4.78 is 4.80. The van der Waals surface area contributed by atoms with Crippen LogP contribution in [0.1, 0.15) is 23.2 Å². The van der Waals surface area contributed by atoms with E-state index >= 15 is 0 Å². The van der Waals surface area contributed by atoms with Crippen LogP contribution in [0.5, 0.6) is 0 Å². The second kappa shape index (κ2) is 7.97. The number of benzene rings is 1. The standard InChI is InChI=1S/C14H17N3O6/c18-13(19)11-6-8-16(9-7-11)17(21)15-23-10-22-14(20)12-4-2-1-3-5-12/h1-5,11H,6-10H2,(H,18,19)/b17-15+. The quantitative estimate of drug-likeness (QED) is 0.210. The molecule has 9 nitrogen and oxygen atoms in total. The van der Waals surface area contributed by atoms with Gasteiger partial charge >= 0.3 is 11.9 Å². The van der Waals surface area contributed by atoms with E-state index in [-0.39, 0.29) is 18.1 Å². The molecule has 23 heavy (non-hydrogen) atoms. The van der Waals surface area contributed by atoms with Gasteiger partial charge in [0.1, 0.15) is 0 Å². The summed E-state index contributed by atoms with van der Waals surface area (Å²) in [5, 5.41) is 25.1. The molecule has 0 aliphatic carbocycles. The van der Waals surface area contributed by atoms with Crippen LogP contribution in [0.3, 0.4) is 0 Å². The summed E-state index contributed by atoms with van der Waals surface area (Å²) in [5.41, 5.74) is 0.367. The molecule has 0 aromatic heterocycles. The van der Waals surface area contributed by atoms with Gasteiger partial charge in [-0.25, -0.2) is 4.79 Å². The average molecular weight is 323 g/mol. The van der Waals surface area contributed by atoms with Gasteiger partial charge in [0.05, 0.1) is 29.5 Å². The lowest BCUT2D eigenvalue weighted by Crippen LogP contribution is -2.40. The Hall–Kier alpha value is -2.84. The van der Waals surface area contributed by atoms with Gasteiger partial charge in [0.25, 0.3) is 6.79 Å². The average Bonchev–Trinajstić information content (AvgIpc) is 2.59. The molecule has 0 unspecified atom stereocenters. The molecule has 9 heteroatoms. The van der Waals surface area contributed by atoms with Crippen LogP contribution < -0.4 is 0 Å². The lowest BCUT2D eigenvalue weighted by molar-refractivity contribution is -0.713. The number of carbonyl (C=O) groups excluding carboxylic acids is 1. The molecule has 124 valence electrons. The van der Waals surface area contributed by atoms with Crippen molar-refractivity contribution < 1.29 is 29.2 Å². The van der Waals surface area contributed by atoms with E-state index in [0.29, 0.717) is 18.4 Å². The lowest BCUT2D eigenvalue weighted by atomic mass is 9.98. The van der Waals surface area contributed by atoms with E-state index in [0.717, 1.165) is 0 Å². The van der Waals surface area contributed by atoms with Gasteiger partial charge in [0.2, 0.25) is 5.28 Å². The molecule has 0 saturated carbocycles. The van der Waals surface area contributed by atoms with Crippen LogP contribution in [0.25, 0.3) is 0 Å². The maximum Gasteiger partial charge on any atom is 0.341 e. The minimum Gasteiger partial charge on any atom is -0.569 e. The summed E-state index contributed by atoms with van der Waals surface area (Å²) in [6.45, 7) is 0.0618. The molecule has 0 bridgehead atoms. The highest BCUT2D eigenvalue weighted by atomic mass is 16.8. The van der Waals surface area contributed by atoms with Crippen LogP contribution >= 0.6 is 0 Å². The fraction of sp³-hybridized carbons (Fsp3) is 0.429. The normalized spacial score (nSPS) is 16.0. The summed E-state index contributed by atoms with van der Waals surface area (Å²) in [6.07, 6.45) is 0.735. The van der Waals surface area contributed by atoms with Gasteiger partial charge in [-0.1, -0.05) is 18.2 Å². The van der Waals surface area contributed by atoms with Crippen molar-refractivity contribution in [2.75, 3.05) is 19.9 Å². The Labute approximate surface area is 132 Å². The van der Waals surface area contributed by atoms with Crippen LogP contribution in [-0.2, 0) is 14.4 Å². The zero-order chi connectivity index (χ0) is 16.7. The van der Waals surface area contributed by atoms with Crippen LogP contribution in [0, 0.1) is 11.1 Å². The summed E-state index contributed by atoms with van der Waals surface area (Å²) >= 11 is 0. The molecule has 0 radical (unpaired) electrons. The first-order valence-electron chi connectivity index (χ1n) is 7.08. The monoisotopic (exact) mass is 323 g/mol. The van der Waals surface area contributed by atoms with Crippen molar-refractivity contribution in [1.29, 1.82) is 0 Å². The van der Waals surface area contributed by atoms with Gasteiger partial charge in [0.15, 0.2) is 0 Å². The van der Waals surface area contributed by atoms with Crippen molar-refractivity contribution in [3.63, 3.8) is 0 Å². The van der Waals surface area contributed by atoms with Crippen molar-refractivity contribution >= 4 is 11.9 Å². The second-order valence-corrected chi connectivity index (χ2v) is 4.95. The predicted molar refractivity (Wildman–Crippen MR) is 75.8 cm³/mol. The highest BCUT2D eigenvalue weighted by Gasteiger charge is 2.28. The molecule has 1 N–H and O–H groups in total. The number of aliphatic carboxylic acids is 1. The zero-order valence-electron chi connectivity index (χ0n) is 12.3. The number of hydrogen-bond donors (Lipinski definition) is 1. The highest BCUT2D eigenvalue weighted by Crippen LogP contribution is 2.17. The number of hydrogen-bond acceptors (Lipinski definition) is 6. The van der Waals surface area contributed by atoms with Gasteiger partial charge in [0, 0.05) is 0 Å². The summed E-state index contributed by atoms with van der Waals surface area (Å²) in [5.74, 6) is -1.88. The molecule has 1 saturated heterocycles. The molecule has 1 fully saturated rings. The van der Waals surface area contributed by atoms with Crippen LogP contribution in [0.2, 0.25) is 0 Å². The van der Waals surface area contributed by atoms with Gasteiger partial charge in [-0.15, -0.1) is 5.01 Å². The SMILES string of the molecule is O=C(OCO/N=[N+](/[O-])N1CCC(C(=O)O)CC1)c1ccccc1. The van der Waals surface area contributed by atoms with E-state index in [4.69, 9.17) is 9.84 Å². The first-order valence-corrected chi connectivity index (χ1v) is 7.08. The third-order valence-electron chi connectivity index (χ3n) is 3.44. The Balaban J connectivity index is 1.71. The van der Waals surface area contributed by atoms with Gasteiger partial charge in [-0.05, 0) is 25.0 Å². The Bertz CT molecular complexity index is 569.